The zero-order chi connectivity index (χ0) is 20.6. The van der Waals surface area contributed by atoms with Gasteiger partial charge in [0.05, 0.1) is 11.5 Å². The van der Waals surface area contributed by atoms with Gasteiger partial charge in [-0.2, -0.15) is 0 Å². The SMILES string of the molecule is Cc1cc(=O)oc2c3c(cc(OCC(=O)NC[C@H]4CCCO4)c12)OC(C)(C)CC3. The van der Waals surface area contributed by atoms with E-state index in [2.05, 4.69) is 5.32 Å². The number of hydrogen-bond acceptors (Lipinski definition) is 6. The molecule has 1 aromatic carbocycles. The third kappa shape index (κ3) is 4.24. The minimum absolute atomic E-state index is 0.0793. The molecule has 2 aliphatic rings. The number of benzene rings is 1. The molecule has 1 N–H and O–H groups in total. The fraction of sp³-hybridized carbons (Fsp3) is 0.545. The molecular weight excluding hydrogens is 374 g/mol. The normalized spacial score (nSPS) is 20.2. The van der Waals surface area contributed by atoms with Crippen LogP contribution in [-0.2, 0) is 16.0 Å². The van der Waals surface area contributed by atoms with Gasteiger partial charge in [0.2, 0.25) is 0 Å². The van der Waals surface area contributed by atoms with Gasteiger partial charge in [0.25, 0.3) is 5.91 Å². The average molecular weight is 401 g/mol. The quantitative estimate of drug-likeness (QED) is 0.776. The van der Waals surface area contributed by atoms with Crippen molar-refractivity contribution >= 4 is 16.9 Å². The maximum Gasteiger partial charge on any atom is 0.336 e. The van der Waals surface area contributed by atoms with Crippen molar-refractivity contribution in [3.8, 4) is 11.5 Å². The number of fused-ring (bicyclic) bond motifs is 3. The van der Waals surface area contributed by atoms with Crippen molar-refractivity contribution in [2.24, 2.45) is 0 Å². The van der Waals surface area contributed by atoms with Crippen molar-refractivity contribution in [2.75, 3.05) is 19.8 Å². The van der Waals surface area contributed by atoms with Crippen LogP contribution in [0.4, 0.5) is 0 Å². The lowest BCUT2D eigenvalue weighted by atomic mass is 9.92. The molecule has 0 unspecified atom stereocenters. The Morgan fingerprint density at radius 3 is 2.93 bits per heavy atom. The molecule has 3 heterocycles. The second-order valence-corrected chi connectivity index (χ2v) is 8.39. The van der Waals surface area contributed by atoms with E-state index in [-0.39, 0.29) is 24.2 Å². The predicted octanol–water partition coefficient (Wildman–Crippen LogP) is 2.88. The summed E-state index contributed by atoms with van der Waals surface area (Å²) in [5, 5.41) is 3.56. The minimum Gasteiger partial charge on any atom is -0.487 e. The molecule has 7 nitrogen and oxygen atoms in total. The fourth-order valence-corrected chi connectivity index (χ4v) is 3.96. The van der Waals surface area contributed by atoms with Gasteiger partial charge in [0.15, 0.2) is 6.61 Å². The zero-order valence-corrected chi connectivity index (χ0v) is 17.1. The van der Waals surface area contributed by atoms with Crippen LogP contribution < -0.4 is 20.4 Å². The Bertz CT molecular complexity index is 987. The summed E-state index contributed by atoms with van der Waals surface area (Å²) < 4.78 is 23.0. The van der Waals surface area contributed by atoms with Gasteiger partial charge in [-0.1, -0.05) is 0 Å². The number of ether oxygens (including phenoxy) is 3. The smallest absolute Gasteiger partial charge is 0.336 e. The summed E-state index contributed by atoms with van der Waals surface area (Å²) >= 11 is 0. The van der Waals surface area contributed by atoms with Crippen LogP contribution in [0.3, 0.4) is 0 Å². The van der Waals surface area contributed by atoms with Gasteiger partial charge in [-0.3, -0.25) is 4.79 Å². The molecule has 4 rings (SSSR count). The Morgan fingerprint density at radius 1 is 1.34 bits per heavy atom. The number of carbonyl (C=O) groups excluding carboxylic acids is 1. The van der Waals surface area contributed by atoms with Crippen LogP contribution in [0, 0.1) is 6.92 Å². The van der Waals surface area contributed by atoms with E-state index in [9.17, 15) is 9.59 Å². The van der Waals surface area contributed by atoms with Gasteiger partial charge in [0.1, 0.15) is 22.7 Å². The Labute approximate surface area is 169 Å². The summed E-state index contributed by atoms with van der Waals surface area (Å²) in [6.07, 6.45) is 3.63. The van der Waals surface area contributed by atoms with E-state index in [4.69, 9.17) is 18.6 Å². The Balaban J connectivity index is 1.59. The van der Waals surface area contributed by atoms with Gasteiger partial charge in [-0.25, -0.2) is 4.79 Å². The average Bonchev–Trinajstić information content (AvgIpc) is 3.16. The molecule has 7 heteroatoms. The number of hydrogen-bond donors (Lipinski definition) is 1. The Hall–Kier alpha value is -2.54. The van der Waals surface area contributed by atoms with Crippen LogP contribution >= 0.6 is 0 Å². The van der Waals surface area contributed by atoms with Crippen molar-refractivity contribution in [1.82, 2.24) is 5.32 Å². The summed E-state index contributed by atoms with van der Waals surface area (Å²) in [7, 11) is 0. The number of rotatable bonds is 5. The zero-order valence-electron chi connectivity index (χ0n) is 17.1. The summed E-state index contributed by atoms with van der Waals surface area (Å²) in [4.78, 5) is 24.2. The van der Waals surface area contributed by atoms with E-state index >= 15 is 0 Å². The molecule has 2 aliphatic heterocycles. The van der Waals surface area contributed by atoms with Crippen molar-refractivity contribution in [3.05, 3.63) is 33.7 Å². The lowest BCUT2D eigenvalue weighted by molar-refractivity contribution is -0.123. The van der Waals surface area contributed by atoms with Crippen molar-refractivity contribution in [3.63, 3.8) is 0 Å². The molecule has 1 atom stereocenters. The molecule has 29 heavy (non-hydrogen) atoms. The van der Waals surface area contributed by atoms with Gasteiger partial charge in [0, 0.05) is 30.8 Å². The van der Waals surface area contributed by atoms with Crippen molar-refractivity contribution in [2.45, 2.75) is 58.2 Å². The van der Waals surface area contributed by atoms with E-state index < -0.39 is 5.63 Å². The first-order valence-corrected chi connectivity index (χ1v) is 10.1. The maximum absolute atomic E-state index is 12.2. The molecule has 2 aromatic rings. The summed E-state index contributed by atoms with van der Waals surface area (Å²) in [6.45, 7) is 6.97. The predicted molar refractivity (Wildman–Crippen MR) is 108 cm³/mol. The molecule has 0 radical (unpaired) electrons. The van der Waals surface area contributed by atoms with Crippen LogP contribution in [-0.4, -0.2) is 37.4 Å². The van der Waals surface area contributed by atoms with Gasteiger partial charge < -0.3 is 23.9 Å². The summed E-state index contributed by atoms with van der Waals surface area (Å²) in [5.74, 6) is 0.893. The first-order chi connectivity index (χ1) is 13.8. The monoisotopic (exact) mass is 401 g/mol. The molecule has 156 valence electrons. The molecular formula is C22H27NO6. The molecule has 1 amide bonds. The van der Waals surface area contributed by atoms with E-state index in [1.807, 2.05) is 20.8 Å². The van der Waals surface area contributed by atoms with E-state index in [1.54, 1.807) is 6.07 Å². The number of amides is 1. The van der Waals surface area contributed by atoms with Gasteiger partial charge in [-0.15, -0.1) is 0 Å². The minimum atomic E-state index is -0.409. The first kappa shape index (κ1) is 19.8. The second kappa shape index (κ2) is 7.71. The van der Waals surface area contributed by atoms with E-state index in [0.717, 1.165) is 43.4 Å². The van der Waals surface area contributed by atoms with Crippen molar-refractivity contribution < 1.29 is 23.4 Å². The number of aryl methyl sites for hydroxylation is 2. The third-order valence-corrected chi connectivity index (χ3v) is 5.51. The molecule has 0 spiro atoms. The molecule has 0 aliphatic carbocycles. The molecule has 0 saturated carbocycles. The van der Waals surface area contributed by atoms with Crippen LogP contribution in [0.5, 0.6) is 11.5 Å². The van der Waals surface area contributed by atoms with Gasteiger partial charge >= 0.3 is 5.63 Å². The highest BCUT2D eigenvalue weighted by molar-refractivity contribution is 5.91. The van der Waals surface area contributed by atoms with Crippen LogP contribution in [0.15, 0.2) is 21.3 Å². The van der Waals surface area contributed by atoms with E-state index in [1.165, 1.54) is 6.07 Å². The molecule has 1 fully saturated rings. The van der Waals surface area contributed by atoms with Crippen molar-refractivity contribution in [1.29, 1.82) is 0 Å². The summed E-state index contributed by atoms with van der Waals surface area (Å²) in [5.41, 5.74) is 1.38. The molecule has 1 aromatic heterocycles. The van der Waals surface area contributed by atoms with Crippen LogP contribution in [0.25, 0.3) is 11.0 Å². The largest absolute Gasteiger partial charge is 0.487 e. The van der Waals surface area contributed by atoms with Crippen LogP contribution in [0.1, 0.15) is 44.2 Å². The summed E-state index contributed by atoms with van der Waals surface area (Å²) in [6, 6.07) is 3.24. The third-order valence-electron chi connectivity index (χ3n) is 5.51. The topological polar surface area (TPSA) is 87.0 Å². The first-order valence-electron chi connectivity index (χ1n) is 10.1. The molecule has 1 saturated heterocycles. The van der Waals surface area contributed by atoms with E-state index in [0.29, 0.717) is 29.0 Å². The number of nitrogens with one attached hydrogen (secondary N) is 1. The lowest BCUT2D eigenvalue weighted by Crippen LogP contribution is -2.35. The van der Waals surface area contributed by atoms with Crippen LogP contribution in [0.2, 0.25) is 0 Å². The van der Waals surface area contributed by atoms with Gasteiger partial charge in [-0.05, 0) is 52.0 Å². The highest BCUT2D eigenvalue weighted by atomic mass is 16.5. The standard InChI is InChI=1S/C22H27NO6/c1-13-9-19(25)28-21-15-6-7-22(2,3)29-16(15)10-17(20(13)21)27-12-18(24)23-11-14-5-4-8-26-14/h9-10,14H,4-8,11-12H2,1-3H3,(H,23,24)/t14-/m1/s1. The maximum atomic E-state index is 12.2. The highest BCUT2D eigenvalue weighted by Crippen LogP contribution is 2.42. The Kier molecular flexibility index (Phi) is 5.25. The lowest BCUT2D eigenvalue weighted by Gasteiger charge is -2.33. The fourth-order valence-electron chi connectivity index (χ4n) is 3.96. The highest BCUT2D eigenvalue weighted by Gasteiger charge is 2.30. The second-order valence-electron chi connectivity index (χ2n) is 8.39. The molecule has 0 bridgehead atoms. The number of carbonyl (C=O) groups is 1. The Morgan fingerprint density at radius 2 is 2.17 bits per heavy atom.